The van der Waals surface area contributed by atoms with E-state index in [4.69, 9.17) is 13.9 Å². The van der Waals surface area contributed by atoms with E-state index in [-0.39, 0.29) is 43.7 Å². The van der Waals surface area contributed by atoms with E-state index in [1.54, 1.807) is 27.8 Å². The Bertz CT molecular complexity index is 2170. The van der Waals surface area contributed by atoms with Gasteiger partial charge in [0.25, 0.3) is 5.91 Å². The van der Waals surface area contributed by atoms with Crippen molar-refractivity contribution in [2.24, 2.45) is 13.0 Å². The second kappa shape index (κ2) is 22.0. The first kappa shape index (κ1) is 48.0. The first-order valence-electron chi connectivity index (χ1n) is 22.7. The standard InChI is InChI=1S/C32H40N6O6.C14H24N2O3.CH4/c1-21-18-22(19-26-28(21)35(3)31(41)43-26)20-27(29(39)36-16-14-34(2)15-17-36)44-32(42)37-11-9-24(10-12-37)38-13-8-23-6-4-5-7-25(23)33-30(38)40;1-12-4-7-15(8-5-12)11-14(18)19-10-9-16-6-2-3-13(16)17;/h4-7,18-19,24,27H,8-17,20H2,1-3H3,(H,33,40);12H,2-11H2,1H3;1H4/t27-;;/m1../s1. The molecule has 1 aromatic heterocycles. The molecule has 1 N–H and O–H groups in total. The Morgan fingerprint density at radius 2 is 1.58 bits per heavy atom. The monoisotopic (exact) mass is 889 g/mol. The van der Waals surface area contributed by atoms with Gasteiger partial charge in [-0.25, -0.2) is 14.4 Å². The average Bonchev–Trinajstić information content (AvgIpc) is 3.75. The molecular weight excluding hydrogens is 821 g/mol. The molecule has 17 nitrogen and oxygen atoms in total. The van der Waals surface area contributed by atoms with Crippen LogP contribution in [0.25, 0.3) is 11.1 Å². The maximum Gasteiger partial charge on any atom is 0.419 e. The fraction of sp³-hybridized carbons (Fsp3) is 0.617. The van der Waals surface area contributed by atoms with E-state index < -0.39 is 18.0 Å². The molecule has 5 aliphatic rings. The number of aryl methyl sites for hydroxylation is 2. The number of anilines is 1. The fourth-order valence-corrected chi connectivity index (χ4v) is 9.28. The van der Waals surface area contributed by atoms with Crippen LogP contribution in [0.2, 0.25) is 0 Å². The van der Waals surface area contributed by atoms with Crippen LogP contribution < -0.4 is 11.1 Å². The van der Waals surface area contributed by atoms with Gasteiger partial charge in [0.15, 0.2) is 11.7 Å². The Balaban J connectivity index is 0.000000285. The number of carbonyl (C=O) groups excluding carboxylic acids is 5. The lowest BCUT2D eigenvalue weighted by atomic mass is 9.99. The molecule has 5 amide bonds. The molecule has 5 aliphatic heterocycles. The second-order valence-corrected chi connectivity index (χ2v) is 17.8. The lowest BCUT2D eigenvalue weighted by Crippen LogP contribution is -2.53. The number of amides is 5. The zero-order valence-electron chi connectivity index (χ0n) is 37.4. The predicted molar refractivity (Wildman–Crippen MR) is 243 cm³/mol. The lowest BCUT2D eigenvalue weighted by Gasteiger charge is -2.38. The molecule has 0 unspecified atom stereocenters. The van der Waals surface area contributed by atoms with E-state index in [9.17, 15) is 28.8 Å². The summed E-state index contributed by atoms with van der Waals surface area (Å²) in [6.45, 7) is 12.3. The molecule has 2 aromatic carbocycles. The molecule has 0 spiro atoms. The summed E-state index contributed by atoms with van der Waals surface area (Å²) in [7, 11) is 3.67. The number of ether oxygens (including phenoxy) is 2. The van der Waals surface area contributed by atoms with Gasteiger partial charge < -0.3 is 43.7 Å². The molecule has 4 saturated heterocycles. The Hall–Kier alpha value is -5.42. The number of piperidine rings is 2. The van der Waals surface area contributed by atoms with Crippen LogP contribution in [0.1, 0.15) is 69.6 Å². The number of rotatable bonds is 10. The molecule has 0 radical (unpaired) electrons. The van der Waals surface area contributed by atoms with Crippen molar-refractivity contribution < 1.29 is 37.9 Å². The summed E-state index contributed by atoms with van der Waals surface area (Å²) >= 11 is 0. The molecule has 0 saturated carbocycles. The van der Waals surface area contributed by atoms with Crippen molar-refractivity contribution in [2.75, 3.05) is 97.5 Å². The van der Waals surface area contributed by atoms with Crippen LogP contribution in [0.5, 0.6) is 0 Å². The Kier molecular flexibility index (Phi) is 16.5. The number of likely N-dealkylation sites (N-methyl/N-ethyl adjacent to an activating group) is 1. The first-order valence-corrected chi connectivity index (χ1v) is 22.7. The number of esters is 1. The van der Waals surface area contributed by atoms with Gasteiger partial charge in [0.05, 0.1) is 18.6 Å². The number of aromatic nitrogens is 1. The molecule has 350 valence electrons. The quantitative estimate of drug-likeness (QED) is 0.288. The van der Waals surface area contributed by atoms with Gasteiger partial charge in [0.1, 0.15) is 6.61 Å². The second-order valence-electron chi connectivity index (χ2n) is 17.8. The summed E-state index contributed by atoms with van der Waals surface area (Å²) in [4.78, 5) is 86.8. The van der Waals surface area contributed by atoms with Crippen LogP contribution in [0.4, 0.5) is 15.3 Å². The molecule has 3 aromatic rings. The summed E-state index contributed by atoms with van der Waals surface area (Å²) < 4.78 is 18.1. The van der Waals surface area contributed by atoms with E-state index in [0.717, 1.165) is 86.7 Å². The zero-order valence-corrected chi connectivity index (χ0v) is 37.4. The third-order valence-corrected chi connectivity index (χ3v) is 13.2. The van der Waals surface area contributed by atoms with Gasteiger partial charge in [0, 0.05) is 84.0 Å². The van der Waals surface area contributed by atoms with Crippen LogP contribution in [-0.2, 0) is 43.7 Å². The van der Waals surface area contributed by atoms with Crippen LogP contribution in [0, 0.1) is 12.8 Å². The van der Waals surface area contributed by atoms with Crippen molar-refractivity contribution in [3.8, 4) is 0 Å². The number of fused-ring (bicyclic) bond motifs is 2. The number of hydrogen-bond acceptors (Lipinski definition) is 11. The van der Waals surface area contributed by atoms with E-state index >= 15 is 0 Å². The van der Waals surface area contributed by atoms with Gasteiger partial charge in [-0.15, -0.1) is 0 Å². The number of likely N-dealkylation sites (tertiary alicyclic amines) is 3. The van der Waals surface area contributed by atoms with Crippen molar-refractivity contribution in [1.82, 2.24) is 34.0 Å². The van der Waals surface area contributed by atoms with Gasteiger partial charge >= 0.3 is 23.8 Å². The minimum Gasteiger partial charge on any atom is -0.463 e. The summed E-state index contributed by atoms with van der Waals surface area (Å²) in [6.07, 6.45) is 4.52. The molecule has 6 heterocycles. The number of nitrogens with one attached hydrogen (secondary N) is 1. The van der Waals surface area contributed by atoms with Crippen molar-refractivity contribution in [3.05, 3.63) is 63.6 Å². The molecule has 0 aliphatic carbocycles. The third-order valence-electron chi connectivity index (χ3n) is 13.2. The highest BCUT2D eigenvalue weighted by Crippen LogP contribution is 2.26. The van der Waals surface area contributed by atoms with Crippen LogP contribution in [0.15, 0.2) is 45.6 Å². The van der Waals surface area contributed by atoms with Gasteiger partial charge in [0.2, 0.25) is 5.91 Å². The maximum absolute atomic E-state index is 13.7. The third kappa shape index (κ3) is 12.0. The van der Waals surface area contributed by atoms with Crippen LogP contribution >= 0.6 is 0 Å². The Morgan fingerprint density at radius 1 is 0.859 bits per heavy atom. The normalized spacial score (nSPS) is 19.6. The summed E-state index contributed by atoms with van der Waals surface area (Å²) in [5.74, 6) is 0.104. The number of piperazine rings is 1. The molecule has 1 atom stereocenters. The van der Waals surface area contributed by atoms with Gasteiger partial charge in [-0.05, 0) is 100 Å². The Labute approximate surface area is 376 Å². The highest BCUT2D eigenvalue weighted by Gasteiger charge is 2.35. The van der Waals surface area contributed by atoms with Crippen molar-refractivity contribution in [2.45, 2.75) is 84.8 Å². The highest BCUT2D eigenvalue weighted by atomic mass is 16.6. The van der Waals surface area contributed by atoms with Gasteiger partial charge in [-0.3, -0.25) is 23.9 Å². The van der Waals surface area contributed by atoms with E-state index in [1.807, 2.05) is 49.2 Å². The number of hydrogen-bond donors (Lipinski definition) is 1. The molecule has 8 rings (SSSR count). The van der Waals surface area contributed by atoms with Gasteiger partial charge in [-0.1, -0.05) is 38.6 Å². The van der Waals surface area contributed by atoms with E-state index in [1.165, 1.54) is 4.57 Å². The van der Waals surface area contributed by atoms with E-state index in [0.29, 0.717) is 82.8 Å². The maximum atomic E-state index is 13.7. The Morgan fingerprint density at radius 3 is 2.28 bits per heavy atom. The summed E-state index contributed by atoms with van der Waals surface area (Å²) in [6, 6.07) is 11.4. The minimum atomic E-state index is -1.02. The first-order chi connectivity index (χ1) is 30.3. The predicted octanol–water partition coefficient (Wildman–Crippen LogP) is 4.34. The molecule has 0 bridgehead atoms. The molecular formula is C47H68N8O9. The average molecular weight is 889 g/mol. The smallest absolute Gasteiger partial charge is 0.419 e. The van der Waals surface area contributed by atoms with Crippen LogP contribution in [-0.4, -0.2) is 168 Å². The number of nitrogens with zero attached hydrogens (tertiary/aromatic N) is 7. The fourth-order valence-electron chi connectivity index (χ4n) is 9.28. The number of para-hydroxylation sites is 1. The summed E-state index contributed by atoms with van der Waals surface area (Å²) in [5.41, 5.74) is 4.68. The van der Waals surface area contributed by atoms with Gasteiger partial charge in [-0.2, -0.15) is 0 Å². The number of urea groups is 1. The molecule has 17 heteroatoms. The summed E-state index contributed by atoms with van der Waals surface area (Å²) in [5, 5.41) is 3.03. The van der Waals surface area contributed by atoms with Crippen molar-refractivity contribution in [3.63, 3.8) is 0 Å². The van der Waals surface area contributed by atoms with Crippen molar-refractivity contribution in [1.29, 1.82) is 0 Å². The van der Waals surface area contributed by atoms with E-state index in [2.05, 4.69) is 22.0 Å². The highest BCUT2D eigenvalue weighted by molar-refractivity contribution is 5.91. The number of carbonyl (C=O) groups is 5. The number of oxazole rings is 1. The molecule has 4 fully saturated rings. The van der Waals surface area contributed by atoms with Crippen molar-refractivity contribution >= 4 is 46.7 Å². The largest absolute Gasteiger partial charge is 0.463 e. The lowest BCUT2D eigenvalue weighted by molar-refractivity contribution is -0.146. The topological polar surface area (TPSA) is 170 Å². The van der Waals surface area contributed by atoms with Crippen LogP contribution in [0.3, 0.4) is 0 Å². The zero-order chi connectivity index (χ0) is 44.6. The molecule has 64 heavy (non-hydrogen) atoms. The minimum absolute atomic E-state index is 0. The SMILES string of the molecule is C.CC1CCN(CC(=O)OCCN2CCCC2=O)CC1.Cc1cc(C[C@@H](OC(=O)N2CCC(N3CCc4ccccc4NC3=O)CC2)C(=O)N2CCN(C)CC2)cc2oc(=O)n(C)c12. The number of benzene rings is 2.